The van der Waals surface area contributed by atoms with E-state index >= 15 is 0 Å². The molecule has 1 amide bonds. The highest BCUT2D eigenvalue weighted by atomic mass is 32.1. The van der Waals surface area contributed by atoms with Crippen LogP contribution < -0.4 is 21.1 Å². The van der Waals surface area contributed by atoms with Crippen LogP contribution in [-0.2, 0) is 7.05 Å². The Hall–Kier alpha value is -4.02. The van der Waals surface area contributed by atoms with Crippen molar-refractivity contribution in [3.05, 3.63) is 86.3 Å². The maximum Gasteiger partial charge on any atom is 0.274 e. The van der Waals surface area contributed by atoms with Crippen LogP contribution in [0.15, 0.2) is 59.7 Å². The number of carbonyl (C=O) groups is 1. The number of aromatic nitrogens is 2. The van der Waals surface area contributed by atoms with Crippen LogP contribution in [0.5, 0.6) is 0 Å². The number of rotatable bonds is 6. The van der Waals surface area contributed by atoms with E-state index in [4.69, 9.17) is 0 Å². The molecule has 4 heterocycles. The summed E-state index contributed by atoms with van der Waals surface area (Å²) in [6, 6.07) is 12.2. The summed E-state index contributed by atoms with van der Waals surface area (Å²) < 4.78 is 16.3. The van der Waals surface area contributed by atoms with Crippen molar-refractivity contribution < 1.29 is 9.18 Å². The molecule has 1 aromatic carbocycles. The molecule has 2 fully saturated rings. The molecule has 2 atom stereocenters. The number of pyridine rings is 2. The van der Waals surface area contributed by atoms with Crippen LogP contribution >= 0.6 is 11.3 Å². The number of likely N-dealkylation sites (N-methyl/N-ethyl adjacent to an activating group) is 1. The Morgan fingerprint density at radius 1 is 0.976 bits per heavy atom. The molecule has 3 aromatic heterocycles. The van der Waals surface area contributed by atoms with Crippen molar-refractivity contribution in [2.75, 3.05) is 48.8 Å². The highest BCUT2D eigenvalue weighted by molar-refractivity contribution is 7.14. The first kappa shape index (κ1) is 26.9. The highest BCUT2D eigenvalue weighted by Gasteiger charge is 2.39. The van der Waals surface area contributed by atoms with E-state index in [2.05, 4.69) is 32.5 Å². The summed E-state index contributed by atoms with van der Waals surface area (Å²) in [5.74, 6) is 0.906. The number of piperazine rings is 1. The van der Waals surface area contributed by atoms with Gasteiger partial charge in [0.05, 0.1) is 22.4 Å². The molecule has 0 radical (unpaired) electrons. The van der Waals surface area contributed by atoms with Crippen molar-refractivity contribution in [2.24, 2.45) is 7.05 Å². The fourth-order valence-corrected chi connectivity index (χ4v) is 7.76. The number of nitrogens with one attached hydrogen (secondary N) is 2. The second-order valence-electron chi connectivity index (χ2n) is 11.7. The summed E-state index contributed by atoms with van der Waals surface area (Å²) in [5, 5.41) is 5.94. The topological polar surface area (TPSA) is 82.5 Å². The van der Waals surface area contributed by atoms with Crippen molar-refractivity contribution in [1.82, 2.24) is 14.5 Å². The van der Waals surface area contributed by atoms with Crippen molar-refractivity contribution in [2.45, 2.75) is 31.1 Å². The number of hydrogen-bond acceptors (Lipinski definition) is 7. The van der Waals surface area contributed by atoms with E-state index < -0.39 is 5.82 Å². The van der Waals surface area contributed by atoms with Gasteiger partial charge in [-0.25, -0.2) is 9.37 Å². The average molecular weight is 585 g/mol. The van der Waals surface area contributed by atoms with Gasteiger partial charge >= 0.3 is 0 Å². The van der Waals surface area contributed by atoms with Gasteiger partial charge in [-0.1, -0.05) is 6.07 Å². The van der Waals surface area contributed by atoms with Crippen LogP contribution in [0.3, 0.4) is 0 Å². The molecular formula is C32H33FN6O2S. The van der Waals surface area contributed by atoms with Crippen molar-refractivity contribution in [3.63, 3.8) is 0 Å². The molecule has 42 heavy (non-hydrogen) atoms. The second kappa shape index (κ2) is 10.7. The SMILES string of the molecule is CN1CCN(c2ccc(Nc3cc(-c4ccc(F)c(NC(=O)c5cc6c(s5)[C@H]5CC[C@@H]6C5)c4)cn(C)c3=O)nc2)CC1. The van der Waals surface area contributed by atoms with Crippen LogP contribution in [0.2, 0.25) is 0 Å². The van der Waals surface area contributed by atoms with Crippen molar-refractivity contribution >= 4 is 40.1 Å². The first-order valence-electron chi connectivity index (χ1n) is 14.4. The maximum atomic E-state index is 14.9. The van der Waals surface area contributed by atoms with E-state index in [0.29, 0.717) is 39.3 Å². The lowest BCUT2D eigenvalue weighted by atomic mass is 9.99. The lowest BCUT2D eigenvalue weighted by Gasteiger charge is -2.33. The third kappa shape index (κ3) is 4.98. The summed E-state index contributed by atoms with van der Waals surface area (Å²) in [5.41, 5.74) is 4.00. The van der Waals surface area contributed by atoms with Crippen LogP contribution in [-0.4, -0.2) is 53.6 Å². The molecule has 2 N–H and O–H groups in total. The third-order valence-electron chi connectivity index (χ3n) is 8.87. The molecule has 1 aliphatic heterocycles. The minimum Gasteiger partial charge on any atom is -0.368 e. The Morgan fingerprint density at radius 2 is 1.76 bits per heavy atom. The van der Waals surface area contributed by atoms with Crippen LogP contribution in [0.25, 0.3) is 11.1 Å². The summed E-state index contributed by atoms with van der Waals surface area (Å²) in [4.78, 5) is 37.2. The fourth-order valence-electron chi connectivity index (χ4n) is 6.46. The molecular weight excluding hydrogens is 551 g/mol. The summed E-state index contributed by atoms with van der Waals surface area (Å²) >= 11 is 1.54. The fraction of sp³-hybridized carbons (Fsp3) is 0.344. The molecule has 0 unspecified atom stereocenters. The molecule has 216 valence electrons. The summed E-state index contributed by atoms with van der Waals surface area (Å²) in [6.45, 7) is 3.91. The molecule has 7 rings (SSSR count). The minimum absolute atomic E-state index is 0.110. The molecule has 0 spiro atoms. The number of thiophene rings is 1. The number of aryl methyl sites for hydroxylation is 1. The predicted octanol–water partition coefficient (Wildman–Crippen LogP) is 5.76. The number of anilines is 4. The first-order chi connectivity index (χ1) is 20.3. The Labute approximate surface area is 247 Å². The Bertz CT molecular complexity index is 1700. The zero-order valence-electron chi connectivity index (χ0n) is 23.7. The highest BCUT2D eigenvalue weighted by Crippen LogP contribution is 2.55. The Morgan fingerprint density at radius 3 is 2.52 bits per heavy atom. The number of nitrogens with zero attached hydrogens (tertiary/aromatic N) is 4. The number of amides is 1. The predicted molar refractivity (Wildman–Crippen MR) is 166 cm³/mol. The minimum atomic E-state index is -0.510. The number of carbonyl (C=O) groups excluding carboxylic acids is 1. The molecule has 3 aliphatic rings. The molecule has 2 aliphatic carbocycles. The van der Waals surface area contributed by atoms with E-state index in [0.717, 1.165) is 31.9 Å². The lowest BCUT2D eigenvalue weighted by molar-refractivity contribution is 0.103. The molecule has 1 saturated heterocycles. The van der Waals surface area contributed by atoms with Gasteiger partial charge < -0.3 is 25.0 Å². The first-order valence-corrected chi connectivity index (χ1v) is 15.3. The van der Waals surface area contributed by atoms with E-state index in [1.807, 2.05) is 24.4 Å². The molecule has 2 bridgehead atoms. The monoisotopic (exact) mass is 584 g/mol. The van der Waals surface area contributed by atoms with Crippen LogP contribution in [0.4, 0.5) is 27.3 Å². The summed E-state index contributed by atoms with van der Waals surface area (Å²) in [7, 11) is 3.80. The van der Waals surface area contributed by atoms with Gasteiger partial charge in [-0.05, 0) is 85.7 Å². The molecule has 8 nitrogen and oxygen atoms in total. The Balaban J connectivity index is 1.10. The summed E-state index contributed by atoms with van der Waals surface area (Å²) in [6.07, 6.45) is 7.12. The number of hydrogen-bond donors (Lipinski definition) is 2. The average Bonchev–Trinajstić information content (AvgIpc) is 3.72. The quantitative estimate of drug-likeness (QED) is 0.300. The van der Waals surface area contributed by atoms with Gasteiger partial charge in [-0.3, -0.25) is 9.59 Å². The van der Waals surface area contributed by atoms with E-state index in [1.54, 1.807) is 42.8 Å². The standard InChI is InChI=1S/C32H33FN6O2S/c1-37-9-11-39(12-10-37)23-6-8-29(34-17-23)35-27-15-22(18-38(2)32(27)41)19-5-7-25(33)26(14-19)36-31(40)28-16-24-20-3-4-21(13-20)30(24)42-28/h5-8,14-18,20-21H,3-4,9-13H2,1-2H3,(H,34,35)(H,36,40)/t20-,21+/m1/s1. The van der Waals surface area contributed by atoms with E-state index in [1.165, 1.54) is 40.3 Å². The zero-order chi connectivity index (χ0) is 29.0. The van der Waals surface area contributed by atoms with Crippen molar-refractivity contribution in [3.8, 4) is 11.1 Å². The second-order valence-corrected chi connectivity index (χ2v) is 12.7. The van der Waals surface area contributed by atoms with E-state index in [-0.39, 0.29) is 17.2 Å². The van der Waals surface area contributed by atoms with Gasteiger partial charge in [-0.15, -0.1) is 11.3 Å². The zero-order valence-corrected chi connectivity index (χ0v) is 24.5. The largest absolute Gasteiger partial charge is 0.368 e. The van der Waals surface area contributed by atoms with Gasteiger partial charge in [0.2, 0.25) is 0 Å². The van der Waals surface area contributed by atoms with Gasteiger partial charge in [0.25, 0.3) is 11.5 Å². The molecule has 1 saturated carbocycles. The number of halogens is 1. The third-order valence-corrected chi connectivity index (χ3v) is 10.2. The van der Waals surface area contributed by atoms with Crippen molar-refractivity contribution in [1.29, 1.82) is 0 Å². The molecule has 4 aromatic rings. The smallest absolute Gasteiger partial charge is 0.274 e. The van der Waals surface area contributed by atoms with Crippen LogP contribution in [0, 0.1) is 5.82 Å². The van der Waals surface area contributed by atoms with Gasteiger partial charge in [0.1, 0.15) is 17.3 Å². The van der Waals surface area contributed by atoms with Crippen LogP contribution in [0.1, 0.15) is 51.2 Å². The maximum absolute atomic E-state index is 14.9. The van der Waals surface area contributed by atoms with Gasteiger partial charge in [0.15, 0.2) is 0 Å². The number of benzene rings is 1. The number of fused-ring (bicyclic) bond motifs is 5. The normalized spacial score (nSPS) is 19.6. The lowest BCUT2D eigenvalue weighted by Crippen LogP contribution is -2.44. The van der Waals surface area contributed by atoms with Gasteiger partial charge in [0, 0.05) is 49.9 Å². The van der Waals surface area contributed by atoms with Gasteiger partial charge in [-0.2, -0.15) is 0 Å². The van der Waals surface area contributed by atoms with E-state index in [9.17, 15) is 14.0 Å². The molecule has 10 heteroatoms. The Kier molecular flexibility index (Phi) is 6.82.